The van der Waals surface area contributed by atoms with Gasteiger partial charge in [-0.2, -0.15) is 0 Å². The van der Waals surface area contributed by atoms with Gasteiger partial charge in [-0.3, -0.25) is 0 Å². The van der Waals surface area contributed by atoms with Crippen LogP contribution in [0.5, 0.6) is 0 Å². The van der Waals surface area contributed by atoms with Crippen LogP contribution in [0.2, 0.25) is 0 Å². The molecule has 0 spiro atoms. The third-order valence-corrected chi connectivity index (χ3v) is 4.18. The van der Waals surface area contributed by atoms with Crippen molar-refractivity contribution in [3.63, 3.8) is 0 Å². The molecule has 16 heavy (non-hydrogen) atoms. The lowest BCUT2D eigenvalue weighted by Crippen LogP contribution is -2.43. The highest BCUT2D eigenvalue weighted by Gasteiger charge is 2.40. The molecular weight excluding hydrogens is 196 g/mol. The van der Waals surface area contributed by atoms with Crippen LogP contribution >= 0.6 is 0 Å². The first-order valence-electron chi connectivity index (χ1n) is 6.97. The van der Waals surface area contributed by atoms with Crippen molar-refractivity contribution >= 4 is 0 Å². The zero-order valence-electron chi connectivity index (χ0n) is 11.8. The number of aliphatic hydroxyl groups is 1. The van der Waals surface area contributed by atoms with Crippen molar-refractivity contribution < 1.29 is 5.11 Å². The molecule has 0 aromatic heterocycles. The summed E-state index contributed by atoms with van der Waals surface area (Å²) < 4.78 is 0. The summed E-state index contributed by atoms with van der Waals surface area (Å²) in [6, 6.07) is 0. The maximum atomic E-state index is 10.9. The smallest absolute Gasteiger partial charge is 0.0678 e. The molecule has 0 bridgehead atoms. The minimum absolute atomic E-state index is 0.342. The highest BCUT2D eigenvalue weighted by Crippen LogP contribution is 2.42. The van der Waals surface area contributed by atoms with Gasteiger partial charge in [-0.1, -0.05) is 47.5 Å². The molecule has 1 saturated carbocycles. The van der Waals surface area contributed by atoms with Crippen LogP contribution in [-0.2, 0) is 0 Å². The van der Waals surface area contributed by atoms with Gasteiger partial charge >= 0.3 is 0 Å². The van der Waals surface area contributed by atoms with Crippen LogP contribution in [0, 0.1) is 17.3 Å². The van der Waals surface area contributed by atoms with Crippen LogP contribution in [0.4, 0.5) is 0 Å². The molecule has 1 aliphatic rings. The Balaban J connectivity index is 2.63. The molecule has 1 fully saturated rings. The summed E-state index contributed by atoms with van der Waals surface area (Å²) in [6.45, 7) is 11.3. The monoisotopic (exact) mass is 226 g/mol. The summed E-state index contributed by atoms with van der Waals surface area (Å²) >= 11 is 0. The van der Waals surface area contributed by atoms with E-state index < -0.39 is 0 Å². The average Bonchev–Trinajstić information content (AvgIpc) is 2.14. The van der Waals surface area contributed by atoms with Gasteiger partial charge in [0.25, 0.3) is 0 Å². The topological polar surface area (TPSA) is 20.2 Å². The van der Waals surface area contributed by atoms with Crippen LogP contribution in [0.25, 0.3) is 0 Å². The first kappa shape index (κ1) is 14.0. The first-order chi connectivity index (χ1) is 7.25. The lowest BCUT2D eigenvalue weighted by atomic mass is 9.67. The average molecular weight is 226 g/mol. The predicted molar refractivity (Wildman–Crippen MR) is 70.4 cm³/mol. The van der Waals surface area contributed by atoms with E-state index in [9.17, 15) is 5.11 Å². The van der Waals surface area contributed by atoms with Crippen molar-refractivity contribution in [2.24, 2.45) is 17.3 Å². The Kier molecular flexibility index (Phi) is 4.45. The minimum Gasteiger partial charge on any atom is -0.390 e. The quantitative estimate of drug-likeness (QED) is 0.756. The first-order valence-corrected chi connectivity index (χ1v) is 6.97. The Hall–Kier alpha value is -0.0400. The third kappa shape index (κ3) is 3.76. The second-order valence-electron chi connectivity index (χ2n) is 7.26. The molecule has 0 saturated heterocycles. The van der Waals surface area contributed by atoms with Gasteiger partial charge in [-0.15, -0.1) is 0 Å². The number of rotatable bonds is 3. The van der Waals surface area contributed by atoms with Gasteiger partial charge in [-0.25, -0.2) is 0 Å². The van der Waals surface area contributed by atoms with Crippen LogP contribution in [-0.4, -0.2) is 10.7 Å². The van der Waals surface area contributed by atoms with E-state index in [2.05, 4.69) is 34.6 Å². The maximum Gasteiger partial charge on any atom is 0.0678 e. The van der Waals surface area contributed by atoms with E-state index >= 15 is 0 Å². The van der Waals surface area contributed by atoms with Crippen molar-refractivity contribution in [2.45, 2.75) is 78.7 Å². The summed E-state index contributed by atoms with van der Waals surface area (Å²) in [5.41, 5.74) is -0.0333. The highest BCUT2D eigenvalue weighted by atomic mass is 16.3. The summed E-state index contributed by atoms with van der Waals surface area (Å²) in [5.74, 6) is 1.13. The van der Waals surface area contributed by atoms with Crippen molar-refractivity contribution in [3.8, 4) is 0 Å². The standard InChI is InChI=1S/C15H30O/c1-12(2)13-8-6-7-9-15(13,16)11-10-14(3,4)5/h12-13,16H,6-11H2,1-5H3. The van der Waals surface area contributed by atoms with Gasteiger partial charge in [0.15, 0.2) is 0 Å². The summed E-state index contributed by atoms with van der Waals surface area (Å²) in [6.07, 6.45) is 6.88. The van der Waals surface area contributed by atoms with Crippen molar-refractivity contribution in [1.82, 2.24) is 0 Å². The second kappa shape index (κ2) is 5.08. The van der Waals surface area contributed by atoms with E-state index in [0.717, 1.165) is 19.3 Å². The van der Waals surface area contributed by atoms with Crippen molar-refractivity contribution in [3.05, 3.63) is 0 Å². The SMILES string of the molecule is CC(C)C1CCCCC1(O)CCC(C)(C)C. The second-order valence-corrected chi connectivity index (χ2v) is 7.26. The van der Waals surface area contributed by atoms with Crippen LogP contribution in [0.1, 0.15) is 73.1 Å². The molecule has 0 amide bonds. The maximum absolute atomic E-state index is 10.9. The van der Waals surface area contributed by atoms with E-state index in [-0.39, 0.29) is 5.60 Å². The van der Waals surface area contributed by atoms with Gasteiger partial charge in [0.2, 0.25) is 0 Å². The lowest BCUT2D eigenvalue weighted by Gasteiger charge is -2.43. The molecule has 0 aromatic carbocycles. The minimum atomic E-state index is -0.375. The fourth-order valence-electron chi connectivity index (χ4n) is 3.11. The molecule has 0 aliphatic heterocycles. The van der Waals surface area contributed by atoms with Gasteiger partial charge in [0.05, 0.1) is 5.60 Å². The normalized spacial score (nSPS) is 32.1. The van der Waals surface area contributed by atoms with E-state index in [1.807, 2.05) is 0 Å². The molecule has 2 unspecified atom stereocenters. The van der Waals surface area contributed by atoms with Crippen molar-refractivity contribution in [2.75, 3.05) is 0 Å². The third-order valence-electron chi connectivity index (χ3n) is 4.18. The van der Waals surface area contributed by atoms with Gasteiger partial charge in [0.1, 0.15) is 0 Å². The molecule has 96 valence electrons. The van der Waals surface area contributed by atoms with E-state index in [1.54, 1.807) is 0 Å². The Labute approximate surface area is 102 Å². The summed E-state index contributed by atoms with van der Waals surface area (Å²) in [7, 11) is 0. The molecule has 1 rings (SSSR count). The Bertz CT molecular complexity index is 214. The number of hydrogen-bond acceptors (Lipinski definition) is 1. The molecule has 1 nitrogen and oxygen atoms in total. The largest absolute Gasteiger partial charge is 0.390 e. The molecule has 0 aromatic rings. The fourth-order valence-corrected chi connectivity index (χ4v) is 3.11. The van der Waals surface area contributed by atoms with Crippen LogP contribution in [0.3, 0.4) is 0 Å². The van der Waals surface area contributed by atoms with E-state index in [1.165, 1.54) is 19.3 Å². The highest BCUT2D eigenvalue weighted by molar-refractivity contribution is 4.92. The molecule has 1 aliphatic carbocycles. The van der Waals surface area contributed by atoms with Crippen molar-refractivity contribution in [1.29, 1.82) is 0 Å². The molecule has 1 N–H and O–H groups in total. The van der Waals surface area contributed by atoms with Crippen LogP contribution < -0.4 is 0 Å². The lowest BCUT2D eigenvalue weighted by molar-refractivity contribution is -0.0777. The Morgan fingerprint density at radius 1 is 1.25 bits per heavy atom. The predicted octanol–water partition coefficient (Wildman–Crippen LogP) is 4.39. The van der Waals surface area contributed by atoms with Gasteiger partial charge < -0.3 is 5.11 Å². The summed E-state index contributed by atoms with van der Waals surface area (Å²) in [4.78, 5) is 0. The molecule has 0 heterocycles. The fraction of sp³-hybridized carbons (Fsp3) is 1.00. The van der Waals surface area contributed by atoms with Gasteiger partial charge in [-0.05, 0) is 42.9 Å². The Morgan fingerprint density at radius 3 is 2.38 bits per heavy atom. The number of hydrogen-bond donors (Lipinski definition) is 1. The molecule has 2 atom stereocenters. The molecule has 1 heteroatoms. The van der Waals surface area contributed by atoms with E-state index in [4.69, 9.17) is 0 Å². The van der Waals surface area contributed by atoms with Crippen LogP contribution in [0.15, 0.2) is 0 Å². The Morgan fingerprint density at radius 2 is 1.88 bits per heavy atom. The molecular formula is C15H30O. The molecule has 0 radical (unpaired) electrons. The zero-order chi connectivity index (χ0) is 12.4. The zero-order valence-corrected chi connectivity index (χ0v) is 11.8. The van der Waals surface area contributed by atoms with Gasteiger partial charge in [0, 0.05) is 0 Å². The van der Waals surface area contributed by atoms with E-state index in [0.29, 0.717) is 17.3 Å². The summed E-state index contributed by atoms with van der Waals surface area (Å²) in [5, 5.41) is 10.9.